The summed E-state index contributed by atoms with van der Waals surface area (Å²) < 4.78 is 5.17. The van der Waals surface area contributed by atoms with Crippen LogP contribution < -0.4 is 16.0 Å². The number of hydrogen-bond acceptors (Lipinski definition) is 5. The fourth-order valence-electron chi connectivity index (χ4n) is 1.39. The quantitative estimate of drug-likeness (QED) is 0.626. The molecular weight excluding hydrogens is 222 g/mol. The Bertz CT molecular complexity index is 470. The maximum absolute atomic E-state index is 5.25. The number of rotatable bonds is 4. The molecule has 3 N–H and O–H groups in total. The summed E-state index contributed by atoms with van der Waals surface area (Å²) in [5, 5.41) is 2.99. The first kappa shape index (κ1) is 11.1. The predicted octanol–water partition coefficient (Wildman–Crippen LogP) is 1.78. The number of nitrogens with two attached hydrogens (primary N) is 1. The number of methoxy groups -OCH3 is 1. The highest BCUT2D eigenvalue weighted by atomic mass is 32.1. The van der Waals surface area contributed by atoms with Crippen LogP contribution in [0.5, 0.6) is 5.75 Å². The Kier molecular flexibility index (Phi) is 3.51. The van der Waals surface area contributed by atoms with Gasteiger partial charge >= 0.3 is 0 Å². The van der Waals surface area contributed by atoms with E-state index in [1.54, 1.807) is 18.4 Å². The van der Waals surface area contributed by atoms with Gasteiger partial charge in [-0.25, -0.2) is 4.98 Å². The van der Waals surface area contributed by atoms with Gasteiger partial charge in [-0.05, 0) is 12.1 Å². The molecule has 0 saturated heterocycles. The van der Waals surface area contributed by atoms with Gasteiger partial charge in [0, 0.05) is 10.9 Å². The van der Waals surface area contributed by atoms with Crippen molar-refractivity contribution in [3.05, 3.63) is 34.7 Å². The van der Waals surface area contributed by atoms with Gasteiger partial charge in [0.2, 0.25) is 0 Å². The van der Waals surface area contributed by atoms with E-state index >= 15 is 0 Å². The lowest BCUT2D eigenvalue weighted by Gasteiger charge is -2.01. The minimum absolute atomic E-state index is 0.592. The molecule has 0 aliphatic carbocycles. The second-order valence-electron chi connectivity index (χ2n) is 3.24. The molecule has 0 amide bonds. The number of hydrazine groups is 1. The summed E-state index contributed by atoms with van der Waals surface area (Å²) in [5.74, 6) is 6.09. The molecule has 0 spiro atoms. The van der Waals surface area contributed by atoms with Gasteiger partial charge in [-0.1, -0.05) is 12.1 Å². The van der Waals surface area contributed by atoms with Crippen LogP contribution in [0.1, 0.15) is 5.01 Å². The van der Waals surface area contributed by atoms with Crippen molar-refractivity contribution in [1.29, 1.82) is 0 Å². The second kappa shape index (κ2) is 5.07. The number of ether oxygens (including phenoxy) is 1. The summed E-state index contributed by atoms with van der Waals surface area (Å²) in [7, 11) is 1.66. The van der Waals surface area contributed by atoms with Gasteiger partial charge in [0.05, 0.1) is 19.3 Å². The van der Waals surface area contributed by atoms with E-state index in [2.05, 4.69) is 10.4 Å². The number of nitrogens with zero attached hydrogens (tertiary/aromatic N) is 1. The van der Waals surface area contributed by atoms with E-state index in [0.29, 0.717) is 6.54 Å². The van der Waals surface area contributed by atoms with Crippen LogP contribution in [-0.4, -0.2) is 12.1 Å². The monoisotopic (exact) mass is 235 g/mol. The first-order chi connectivity index (χ1) is 7.83. The minimum Gasteiger partial charge on any atom is -0.497 e. The third-order valence-corrected chi connectivity index (χ3v) is 3.02. The third kappa shape index (κ3) is 2.38. The standard InChI is InChI=1S/C11H13N3OS/c1-15-9-4-2-3-8(5-9)10-7-16-11(14-10)6-13-12/h2-5,7,13H,6,12H2,1H3. The van der Waals surface area contributed by atoms with Crippen molar-refractivity contribution in [3.8, 4) is 17.0 Å². The molecule has 2 aromatic rings. The van der Waals surface area contributed by atoms with Crippen LogP contribution in [-0.2, 0) is 6.54 Å². The molecule has 0 fully saturated rings. The molecule has 0 saturated carbocycles. The van der Waals surface area contributed by atoms with Gasteiger partial charge in [0.15, 0.2) is 0 Å². The molecule has 0 aliphatic rings. The van der Waals surface area contributed by atoms with Gasteiger partial charge in [-0.3, -0.25) is 11.3 Å². The van der Waals surface area contributed by atoms with E-state index in [-0.39, 0.29) is 0 Å². The van der Waals surface area contributed by atoms with Gasteiger partial charge in [-0.2, -0.15) is 0 Å². The molecule has 5 heteroatoms. The molecule has 4 nitrogen and oxygen atoms in total. The van der Waals surface area contributed by atoms with Crippen molar-refractivity contribution in [2.24, 2.45) is 5.84 Å². The van der Waals surface area contributed by atoms with Crippen LogP contribution in [0.2, 0.25) is 0 Å². The van der Waals surface area contributed by atoms with Gasteiger partial charge in [0.25, 0.3) is 0 Å². The molecule has 1 heterocycles. The Balaban J connectivity index is 2.27. The lowest BCUT2D eigenvalue weighted by Crippen LogP contribution is -2.20. The second-order valence-corrected chi connectivity index (χ2v) is 4.18. The van der Waals surface area contributed by atoms with Crippen molar-refractivity contribution in [2.75, 3.05) is 7.11 Å². The maximum Gasteiger partial charge on any atom is 0.119 e. The Morgan fingerprint density at radius 1 is 1.50 bits per heavy atom. The topological polar surface area (TPSA) is 60.2 Å². The van der Waals surface area contributed by atoms with Gasteiger partial charge in [0.1, 0.15) is 10.8 Å². The summed E-state index contributed by atoms with van der Waals surface area (Å²) in [6, 6.07) is 7.85. The summed E-state index contributed by atoms with van der Waals surface area (Å²) in [4.78, 5) is 4.47. The SMILES string of the molecule is COc1cccc(-c2csc(CNN)n2)c1. The molecule has 0 atom stereocenters. The average Bonchev–Trinajstić information content (AvgIpc) is 2.78. The van der Waals surface area contributed by atoms with E-state index in [1.807, 2.05) is 29.6 Å². The molecule has 16 heavy (non-hydrogen) atoms. The minimum atomic E-state index is 0.592. The van der Waals surface area contributed by atoms with Crippen molar-refractivity contribution in [3.63, 3.8) is 0 Å². The normalized spacial score (nSPS) is 10.4. The Labute approximate surface area is 98.1 Å². The van der Waals surface area contributed by atoms with E-state index in [9.17, 15) is 0 Å². The highest BCUT2D eigenvalue weighted by Gasteiger charge is 2.04. The lowest BCUT2D eigenvalue weighted by atomic mass is 10.2. The fraction of sp³-hybridized carbons (Fsp3) is 0.182. The van der Waals surface area contributed by atoms with Crippen molar-refractivity contribution < 1.29 is 4.74 Å². The number of hydrogen-bond donors (Lipinski definition) is 2. The zero-order valence-electron chi connectivity index (χ0n) is 8.93. The molecule has 84 valence electrons. The molecule has 0 radical (unpaired) electrons. The van der Waals surface area contributed by atoms with Crippen LogP contribution in [0.15, 0.2) is 29.6 Å². The molecular formula is C11H13N3OS. The molecule has 2 rings (SSSR count). The summed E-state index contributed by atoms with van der Waals surface area (Å²) in [6.07, 6.45) is 0. The third-order valence-electron chi connectivity index (χ3n) is 2.17. The number of nitrogens with one attached hydrogen (secondary N) is 1. The molecule has 1 aromatic heterocycles. The van der Waals surface area contributed by atoms with E-state index < -0.39 is 0 Å². The summed E-state index contributed by atoms with van der Waals surface area (Å²) in [6.45, 7) is 0.592. The molecule has 1 aromatic carbocycles. The van der Waals surface area contributed by atoms with Crippen LogP contribution in [0.4, 0.5) is 0 Å². The van der Waals surface area contributed by atoms with E-state index in [4.69, 9.17) is 10.6 Å². The highest BCUT2D eigenvalue weighted by Crippen LogP contribution is 2.25. The van der Waals surface area contributed by atoms with E-state index in [0.717, 1.165) is 22.0 Å². The fourth-order valence-corrected chi connectivity index (χ4v) is 2.15. The Morgan fingerprint density at radius 2 is 2.38 bits per heavy atom. The molecule has 0 bridgehead atoms. The number of benzene rings is 1. The lowest BCUT2D eigenvalue weighted by molar-refractivity contribution is 0.415. The van der Waals surface area contributed by atoms with Crippen LogP contribution >= 0.6 is 11.3 Å². The number of aromatic nitrogens is 1. The van der Waals surface area contributed by atoms with Crippen LogP contribution in [0.25, 0.3) is 11.3 Å². The highest BCUT2D eigenvalue weighted by molar-refractivity contribution is 7.09. The molecule has 0 aliphatic heterocycles. The van der Waals surface area contributed by atoms with E-state index in [1.165, 1.54) is 0 Å². The van der Waals surface area contributed by atoms with Gasteiger partial charge < -0.3 is 4.74 Å². The average molecular weight is 235 g/mol. The first-order valence-electron chi connectivity index (χ1n) is 4.86. The van der Waals surface area contributed by atoms with Crippen LogP contribution in [0.3, 0.4) is 0 Å². The maximum atomic E-state index is 5.25. The van der Waals surface area contributed by atoms with Crippen LogP contribution in [0, 0.1) is 0 Å². The smallest absolute Gasteiger partial charge is 0.119 e. The summed E-state index contributed by atoms with van der Waals surface area (Å²) in [5.41, 5.74) is 4.60. The zero-order valence-corrected chi connectivity index (χ0v) is 9.75. The zero-order chi connectivity index (χ0) is 11.4. The van der Waals surface area contributed by atoms with Crippen molar-refractivity contribution in [2.45, 2.75) is 6.54 Å². The predicted molar refractivity (Wildman–Crippen MR) is 65.1 cm³/mol. The largest absolute Gasteiger partial charge is 0.497 e. The van der Waals surface area contributed by atoms with Crippen molar-refractivity contribution in [1.82, 2.24) is 10.4 Å². The Hall–Kier alpha value is -1.43. The molecule has 0 unspecified atom stereocenters. The summed E-state index contributed by atoms with van der Waals surface area (Å²) >= 11 is 1.59. The number of thiazole rings is 1. The van der Waals surface area contributed by atoms with Gasteiger partial charge in [-0.15, -0.1) is 11.3 Å². The van der Waals surface area contributed by atoms with Crippen molar-refractivity contribution >= 4 is 11.3 Å². The first-order valence-corrected chi connectivity index (χ1v) is 5.73. The Morgan fingerprint density at radius 3 is 3.12 bits per heavy atom.